The molecule has 0 aliphatic heterocycles. The van der Waals surface area contributed by atoms with Crippen LogP contribution in [0.5, 0.6) is 11.5 Å². The van der Waals surface area contributed by atoms with Crippen LogP contribution in [0.4, 0.5) is 0 Å². The maximum Gasteiger partial charge on any atom is 0.341 e. The Morgan fingerprint density at radius 3 is 2.27 bits per heavy atom. The van der Waals surface area contributed by atoms with Crippen molar-refractivity contribution in [3.63, 3.8) is 0 Å². The van der Waals surface area contributed by atoms with Crippen LogP contribution in [0.3, 0.4) is 0 Å². The van der Waals surface area contributed by atoms with Crippen LogP contribution in [-0.4, -0.2) is 27.5 Å². The molecule has 0 unspecified atom stereocenters. The first-order chi connectivity index (χ1) is 18.0. The zero-order valence-corrected chi connectivity index (χ0v) is 21.4. The number of esters is 1. The second-order valence-electron chi connectivity index (χ2n) is 8.35. The van der Waals surface area contributed by atoms with Crippen LogP contribution in [0, 0.1) is 0 Å². The van der Waals surface area contributed by atoms with Crippen molar-refractivity contribution >= 4 is 15.8 Å². The molecule has 6 nitrogen and oxygen atoms in total. The van der Waals surface area contributed by atoms with Crippen LogP contribution in [0.25, 0.3) is 0 Å². The molecule has 4 rings (SSSR count). The number of para-hydroxylation sites is 1. The lowest BCUT2D eigenvalue weighted by molar-refractivity contribution is 0.0523. The van der Waals surface area contributed by atoms with Gasteiger partial charge in [-0.05, 0) is 73.5 Å². The first kappa shape index (κ1) is 26.1. The molecular weight excluding hydrogens is 486 g/mol. The summed E-state index contributed by atoms with van der Waals surface area (Å²) in [5, 5.41) is 3.40. The summed E-state index contributed by atoms with van der Waals surface area (Å²) in [6.07, 6.45) is 0.788. The van der Waals surface area contributed by atoms with Gasteiger partial charge in [-0.25, -0.2) is 13.2 Å². The Bertz CT molecular complexity index is 1430. The Balaban J connectivity index is 1.42. The molecule has 0 saturated heterocycles. The van der Waals surface area contributed by atoms with Gasteiger partial charge in [0.1, 0.15) is 17.1 Å². The molecule has 190 valence electrons. The van der Waals surface area contributed by atoms with Crippen LogP contribution >= 0.6 is 0 Å². The van der Waals surface area contributed by atoms with E-state index < -0.39 is 15.8 Å². The van der Waals surface area contributed by atoms with Gasteiger partial charge in [-0.1, -0.05) is 60.7 Å². The predicted octanol–water partition coefficient (Wildman–Crippen LogP) is 5.82. The van der Waals surface area contributed by atoms with Gasteiger partial charge in [-0.2, -0.15) is 0 Å². The highest BCUT2D eigenvalue weighted by atomic mass is 32.2. The van der Waals surface area contributed by atoms with Crippen LogP contribution in [0.1, 0.15) is 28.4 Å². The van der Waals surface area contributed by atoms with Crippen LogP contribution in [0.15, 0.2) is 113 Å². The number of sulfone groups is 1. The lowest BCUT2D eigenvalue weighted by Crippen LogP contribution is -2.16. The number of hydrogen-bond acceptors (Lipinski definition) is 6. The fourth-order valence-electron chi connectivity index (χ4n) is 3.80. The third-order valence-electron chi connectivity index (χ3n) is 5.72. The van der Waals surface area contributed by atoms with Gasteiger partial charge < -0.3 is 14.8 Å². The van der Waals surface area contributed by atoms with Gasteiger partial charge in [0.25, 0.3) is 0 Å². The highest BCUT2D eigenvalue weighted by molar-refractivity contribution is 7.91. The quantitative estimate of drug-likeness (QED) is 0.200. The van der Waals surface area contributed by atoms with E-state index in [1.807, 2.05) is 30.3 Å². The molecule has 0 bridgehead atoms. The van der Waals surface area contributed by atoms with Gasteiger partial charge in [0, 0.05) is 6.54 Å². The summed E-state index contributed by atoms with van der Waals surface area (Å²) in [6.45, 7) is 3.54. The Labute approximate surface area is 217 Å². The van der Waals surface area contributed by atoms with E-state index >= 15 is 0 Å². The molecule has 0 amide bonds. The van der Waals surface area contributed by atoms with Gasteiger partial charge in [-0.3, -0.25) is 0 Å². The van der Waals surface area contributed by atoms with E-state index in [4.69, 9.17) is 9.47 Å². The summed E-state index contributed by atoms with van der Waals surface area (Å²) in [7, 11) is -3.75. The SMILES string of the molecule is CCOC(=O)c1ccccc1Oc1cccc(S(=O)(=O)c2ccc(CCNCc3ccccc3)cc2)c1. The normalized spacial score (nSPS) is 11.2. The average molecular weight is 516 g/mol. The number of carbonyl (C=O) groups excluding carboxylic acids is 1. The molecule has 0 aliphatic carbocycles. The summed E-state index contributed by atoms with van der Waals surface area (Å²) in [5.74, 6) is 0.0943. The fourth-order valence-corrected chi connectivity index (χ4v) is 5.09. The number of nitrogens with one attached hydrogen (secondary N) is 1. The second kappa shape index (κ2) is 12.3. The molecular formula is C30H29NO5S. The predicted molar refractivity (Wildman–Crippen MR) is 143 cm³/mol. The van der Waals surface area contributed by atoms with E-state index in [1.54, 1.807) is 55.5 Å². The molecule has 0 radical (unpaired) electrons. The molecule has 37 heavy (non-hydrogen) atoms. The van der Waals surface area contributed by atoms with Crippen molar-refractivity contribution in [3.05, 3.63) is 120 Å². The van der Waals surface area contributed by atoms with E-state index in [0.717, 1.165) is 25.1 Å². The largest absolute Gasteiger partial charge is 0.462 e. The Hall–Kier alpha value is -3.94. The molecule has 0 fully saturated rings. The van der Waals surface area contributed by atoms with Crippen molar-refractivity contribution in [1.29, 1.82) is 0 Å². The van der Waals surface area contributed by atoms with Crippen molar-refractivity contribution in [3.8, 4) is 11.5 Å². The summed E-state index contributed by atoms with van der Waals surface area (Å²) < 4.78 is 37.5. The molecule has 4 aromatic rings. The van der Waals surface area contributed by atoms with Crippen molar-refractivity contribution in [1.82, 2.24) is 5.32 Å². The van der Waals surface area contributed by atoms with Crippen molar-refractivity contribution in [2.45, 2.75) is 29.7 Å². The van der Waals surface area contributed by atoms with Gasteiger partial charge in [0.05, 0.1) is 16.4 Å². The minimum absolute atomic E-state index is 0.107. The minimum Gasteiger partial charge on any atom is -0.462 e. The zero-order chi connectivity index (χ0) is 26.1. The van der Waals surface area contributed by atoms with E-state index in [-0.39, 0.29) is 22.0 Å². The van der Waals surface area contributed by atoms with Gasteiger partial charge >= 0.3 is 5.97 Å². The molecule has 0 heterocycles. The van der Waals surface area contributed by atoms with Gasteiger partial charge in [0.15, 0.2) is 0 Å². The topological polar surface area (TPSA) is 81.7 Å². The lowest BCUT2D eigenvalue weighted by atomic mass is 10.1. The number of ether oxygens (including phenoxy) is 2. The molecule has 1 N–H and O–H groups in total. The van der Waals surface area contributed by atoms with E-state index in [1.165, 1.54) is 17.7 Å². The van der Waals surface area contributed by atoms with Crippen molar-refractivity contribution < 1.29 is 22.7 Å². The average Bonchev–Trinajstić information content (AvgIpc) is 2.92. The van der Waals surface area contributed by atoms with Crippen LogP contribution in [0.2, 0.25) is 0 Å². The second-order valence-corrected chi connectivity index (χ2v) is 10.3. The number of hydrogen-bond donors (Lipinski definition) is 1. The Morgan fingerprint density at radius 2 is 1.51 bits per heavy atom. The molecule has 0 atom stereocenters. The summed E-state index contributed by atoms with van der Waals surface area (Å²) in [6, 6.07) is 30.0. The van der Waals surface area contributed by atoms with Crippen molar-refractivity contribution in [2.24, 2.45) is 0 Å². The van der Waals surface area contributed by atoms with E-state index in [9.17, 15) is 13.2 Å². The molecule has 7 heteroatoms. The monoisotopic (exact) mass is 515 g/mol. The fraction of sp³-hybridized carbons (Fsp3) is 0.167. The molecule has 4 aromatic carbocycles. The number of rotatable bonds is 11. The first-order valence-electron chi connectivity index (χ1n) is 12.1. The third kappa shape index (κ3) is 6.84. The van der Waals surface area contributed by atoms with Crippen molar-refractivity contribution in [2.75, 3.05) is 13.2 Å². The highest BCUT2D eigenvalue weighted by Crippen LogP contribution is 2.29. The number of carbonyl (C=O) groups is 1. The summed E-state index contributed by atoms with van der Waals surface area (Å²) >= 11 is 0. The van der Waals surface area contributed by atoms with Gasteiger partial charge in [0.2, 0.25) is 9.84 Å². The third-order valence-corrected chi connectivity index (χ3v) is 7.49. The highest BCUT2D eigenvalue weighted by Gasteiger charge is 2.19. The van der Waals surface area contributed by atoms with E-state index in [2.05, 4.69) is 17.4 Å². The zero-order valence-electron chi connectivity index (χ0n) is 20.6. The maximum absolute atomic E-state index is 13.3. The Morgan fingerprint density at radius 1 is 0.784 bits per heavy atom. The first-order valence-corrected chi connectivity index (χ1v) is 13.6. The summed E-state index contributed by atoms with van der Waals surface area (Å²) in [5.41, 5.74) is 2.54. The smallest absolute Gasteiger partial charge is 0.341 e. The summed E-state index contributed by atoms with van der Waals surface area (Å²) in [4.78, 5) is 12.6. The Kier molecular flexibility index (Phi) is 8.72. The standard InChI is InChI=1S/C30H29NO5S/c1-2-35-30(32)28-13-6-7-14-29(28)36-25-11-8-12-27(21-25)37(33,34)26-17-15-23(16-18-26)19-20-31-22-24-9-4-3-5-10-24/h3-18,21,31H,2,19-20,22H2,1H3. The molecule has 0 saturated carbocycles. The molecule has 0 aliphatic rings. The maximum atomic E-state index is 13.3. The molecule has 0 spiro atoms. The lowest BCUT2D eigenvalue weighted by Gasteiger charge is -2.12. The van der Waals surface area contributed by atoms with E-state index in [0.29, 0.717) is 11.5 Å². The molecule has 0 aromatic heterocycles. The van der Waals surface area contributed by atoms with Gasteiger partial charge in [-0.15, -0.1) is 0 Å². The van der Waals surface area contributed by atoms with Crippen LogP contribution < -0.4 is 10.1 Å². The van der Waals surface area contributed by atoms with Crippen LogP contribution in [-0.2, 0) is 27.5 Å². The number of benzene rings is 4. The minimum atomic E-state index is -3.75.